The van der Waals surface area contributed by atoms with Crippen LogP contribution in [0.5, 0.6) is 5.75 Å². The first-order chi connectivity index (χ1) is 8.54. The molecule has 3 N–H and O–H groups in total. The van der Waals surface area contributed by atoms with Crippen LogP contribution in [0.1, 0.15) is 30.1 Å². The molecule has 0 fully saturated rings. The summed E-state index contributed by atoms with van der Waals surface area (Å²) in [6.45, 7) is 2.67. The molecule has 1 unspecified atom stereocenters. The number of benzene rings is 1. The summed E-state index contributed by atoms with van der Waals surface area (Å²) >= 11 is 3.22. The van der Waals surface area contributed by atoms with E-state index in [-0.39, 0.29) is 29.7 Å². The molecule has 18 heavy (non-hydrogen) atoms. The van der Waals surface area contributed by atoms with Crippen molar-refractivity contribution in [2.75, 3.05) is 13.2 Å². The summed E-state index contributed by atoms with van der Waals surface area (Å²) in [6, 6.07) is 4.77. The summed E-state index contributed by atoms with van der Waals surface area (Å²) in [4.78, 5) is 11.8. The Morgan fingerprint density at radius 1 is 1.50 bits per heavy atom. The zero-order valence-corrected chi connectivity index (χ0v) is 11.9. The van der Waals surface area contributed by atoms with Gasteiger partial charge in [0, 0.05) is 17.6 Å². The van der Waals surface area contributed by atoms with Gasteiger partial charge < -0.3 is 15.5 Å². The van der Waals surface area contributed by atoms with Gasteiger partial charge in [0.05, 0.1) is 5.56 Å². The number of aliphatic hydroxyl groups is 1. The van der Waals surface area contributed by atoms with Crippen LogP contribution in [0.25, 0.3) is 0 Å². The molecule has 1 atom stereocenters. The first-order valence-corrected chi connectivity index (χ1v) is 6.71. The monoisotopic (exact) mass is 315 g/mol. The average molecular weight is 316 g/mol. The van der Waals surface area contributed by atoms with E-state index < -0.39 is 0 Å². The van der Waals surface area contributed by atoms with Crippen LogP contribution in [0.15, 0.2) is 22.7 Å². The Kier molecular flexibility index (Phi) is 6.15. The first-order valence-electron chi connectivity index (χ1n) is 5.92. The van der Waals surface area contributed by atoms with Crippen LogP contribution in [0.3, 0.4) is 0 Å². The van der Waals surface area contributed by atoms with E-state index >= 15 is 0 Å². The summed E-state index contributed by atoms with van der Waals surface area (Å²) in [5.41, 5.74) is 0.272. The van der Waals surface area contributed by atoms with Crippen molar-refractivity contribution in [3.63, 3.8) is 0 Å². The maximum atomic E-state index is 11.8. The SMILES string of the molecule is CC(CO)CCCNC(=O)c1ccc(Br)cc1O. The third-order valence-electron chi connectivity index (χ3n) is 2.68. The van der Waals surface area contributed by atoms with Gasteiger partial charge in [-0.25, -0.2) is 0 Å². The quantitative estimate of drug-likeness (QED) is 0.705. The molecule has 0 bridgehead atoms. The lowest BCUT2D eigenvalue weighted by Crippen LogP contribution is -2.25. The number of carbonyl (C=O) groups excluding carboxylic acids is 1. The predicted octanol–water partition coefficient (Wildman–Crippen LogP) is 2.29. The van der Waals surface area contributed by atoms with Crippen molar-refractivity contribution >= 4 is 21.8 Å². The molecule has 0 aliphatic rings. The van der Waals surface area contributed by atoms with E-state index in [1.54, 1.807) is 12.1 Å². The van der Waals surface area contributed by atoms with E-state index in [1.807, 2.05) is 6.92 Å². The van der Waals surface area contributed by atoms with Crippen LogP contribution in [0, 0.1) is 5.92 Å². The molecule has 0 aliphatic carbocycles. The Balaban J connectivity index is 2.41. The maximum absolute atomic E-state index is 11.8. The minimum atomic E-state index is -0.281. The molecule has 100 valence electrons. The van der Waals surface area contributed by atoms with E-state index in [0.29, 0.717) is 6.54 Å². The van der Waals surface area contributed by atoms with Gasteiger partial charge in [-0.3, -0.25) is 4.79 Å². The number of nitrogens with one attached hydrogen (secondary N) is 1. The second-order valence-electron chi connectivity index (χ2n) is 4.35. The molecule has 0 spiro atoms. The van der Waals surface area contributed by atoms with Crippen LogP contribution in [-0.4, -0.2) is 29.3 Å². The molecule has 1 amide bonds. The fraction of sp³-hybridized carbons (Fsp3) is 0.462. The van der Waals surface area contributed by atoms with Crippen LogP contribution in [0.4, 0.5) is 0 Å². The van der Waals surface area contributed by atoms with Gasteiger partial charge in [0.2, 0.25) is 0 Å². The molecule has 5 heteroatoms. The summed E-state index contributed by atoms with van der Waals surface area (Å²) in [7, 11) is 0. The van der Waals surface area contributed by atoms with Gasteiger partial charge in [0.15, 0.2) is 0 Å². The van der Waals surface area contributed by atoms with Crippen LogP contribution < -0.4 is 5.32 Å². The van der Waals surface area contributed by atoms with Crippen molar-refractivity contribution in [1.29, 1.82) is 0 Å². The zero-order valence-electron chi connectivity index (χ0n) is 10.3. The molecule has 4 nitrogen and oxygen atoms in total. The van der Waals surface area contributed by atoms with Crippen molar-refractivity contribution in [2.45, 2.75) is 19.8 Å². The van der Waals surface area contributed by atoms with Crippen LogP contribution >= 0.6 is 15.9 Å². The highest BCUT2D eigenvalue weighted by Crippen LogP contribution is 2.22. The van der Waals surface area contributed by atoms with Crippen LogP contribution in [0.2, 0.25) is 0 Å². The molecular formula is C13H18BrNO3. The molecule has 1 rings (SSSR count). The highest BCUT2D eigenvalue weighted by Gasteiger charge is 2.10. The predicted molar refractivity (Wildman–Crippen MR) is 73.6 cm³/mol. The normalized spacial score (nSPS) is 12.2. The Morgan fingerprint density at radius 3 is 2.83 bits per heavy atom. The molecule has 0 aliphatic heterocycles. The van der Waals surface area contributed by atoms with Crippen molar-refractivity contribution in [1.82, 2.24) is 5.32 Å². The third-order valence-corrected chi connectivity index (χ3v) is 3.17. The highest BCUT2D eigenvalue weighted by molar-refractivity contribution is 9.10. The highest BCUT2D eigenvalue weighted by atomic mass is 79.9. The van der Waals surface area contributed by atoms with Gasteiger partial charge in [-0.15, -0.1) is 0 Å². The summed E-state index contributed by atoms with van der Waals surface area (Å²) in [5, 5.41) is 21.2. The Morgan fingerprint density at radius 2 is 2.22 bits per heavy atom. The lowest BCUT2D eigenvalue weighted by Gasteiger charge is -2.09. The van der Waals surface area contributed by atoms with E-state index in [4.69, 9.17) is 5.11 Å². The molecule has 0 aromatic heterocycles. The maximum Gasteiger partial charge on any atom is 0.255 e. The van der Waals surface area contributed by atoms with Gasteiger partial charge >= 0.3 is 0 Å². The first kappa shape index (κ1) is 15.0. The van der Waals surface area contributed by atoms with Crippen molar-refractivity contribution < 1.29 is 15.0 Å². The molecule has 0 saturated heterocycles. The number of halogens is 1. The Labute approximate surface area is 115 Å². The second kappa shape index (κ2) is 7.38. The minimum Gasteiger partial charge on any atom is -0.507 e. The lowest BCUT2D eigenvalue weighted by molar-refractivity contribution is 0.0949. The smallest absolute Gasteiger partial charge is 0.255 e. The summed E-state index contributed by atoms with van der Waals surface area (Å²) < 4.78 is 0.730. The Hall–Kier alpha value is -1.07. The number of amides is 1. The van der Waals surface area contributed by atoms with E-state index in [2.05, 4.69) is 21.2 Å². The van der Waals surface area contributed by atoms with Gasteiger partial charge in [-0.05, 0) is 37.0 Å². The van der Waals surface area contributed by atoms with Gasteiger partial charge in [0.25, 0.3) is 5.91 Å². The fourth-order valence-electron chi connectivity index (χ4n) is 1.54. The average Bonchev–Trinajstić information content (AvgIpc) is 2.34. The van der Waals surface area contributed by atoms with Gasteiger partial charge in [-0.2, -0.15) is 0 Å². The topological polar surface area (TPSA) is 69.6 Å². The van der Waals surface area contributed by atoms with Gasteiger partial charge in [0.1, 0.15) is 5.75 Å². The molecule has 0 saturated carbocycles. The van der Waals surface area contributed by atoms with E-state index in [9.17, 15) is 9.90 Å². The number of phenols is 1. The number of carbonyl (C=O) groups is 1. The lowest BCUT2D eigenvalue weighted by atomic mass is 10.1. The number of aromatic hydroxyl groups is 1. The number of phenolic OH excluding ortho intramolecular Hbond substituents is 1. The molecular weight excluding hydrogens is 298 g/mol. The molecule has 1 aromatic rings. The standard InChI is InChI=1S/C13H18BrNO3/c1-9(8-16)3-2-6-15-13(18)11-5-4-10(14)7-12(11)17/h4-5,7,9,16-17H,2-3,6,8H2,1H3,(H,15,18). The van der Waals surface area contributed by atoms with Crippen LogP contribution in [-0.2, 0) is 0 Å². The number of hydrogen-bond acceptors (Lipinski definition) is 3. The second-order valence-corrected chi connectivity index (χ2v) is 5.26. The zero-order chi connectivity index (χ0) is 13.5. The van der Waals surface area contributed by atoms with Gasteiger partial charge in [-0.1, -0.05) is 22.9 Å². The number of rotatable bonds is 6. The summed E-state index contributed by atoms with van der Waals surface area (Å²) in [6.07, 6.45) is 1.67. The number of aliphatic hydroxyl groups excluding tert-OH is 1. The third kappa shape index (κ3) is 4.66. The summed E-state index contributed by atoms with van der Waals surface area (Å²) in [5.74, 6) is -0.0646. The van der Waals surface area contributed by atoms with E-state index in [0.717, 1.165) is 17.3 Å². The Bertz CT molecular complexity index is 409. The molecule has 0 heterocycles. The van der Waals surface area contributed by atoms with Crippen molar-refractivity contribution in [3.05, 3.63) is 28.2 Å². The molecule has 1 aromatic carbocycles. The van der Waals surface area contributed by atoms with E-state index in [1.165, 1.54) is 6.07 Å². The largest absolute Gasteiger partial charge is 0.507 e. The molecule has 0 radical (unpaired) electrons. The minimum absolute atomic E-state index is 0.0365. The number of hydrogen-bond donors (Lipinski definition) is 3. The van der Waals surface area contributed by atoms with Crippen molar-refractivity contribution in [2.24, 2.45) is 5.92 Å². The van der Waals surface area contributed by atoms with Crippen molar-refractivity contribution in [3.8, 4) is 5.75 Å². The fourth-order valence-corrected chi connectivity index (χ4v) is 1.88.